The molecule has 0 bridgehead atoms. The Hall–Kier alpha value is -2.18. The van der Waals surface area contributed by atoms with Gasteiger partial charge in [-0.2, -0.15) is 4.31 Å². The van der Waals surface area contributed by atoms with Crippen LogP contribution in [0.4, 0.5) is 0 Å². The van der Waals surface area contributed by atoms with Crippen LogP contribution in [-0.2, 0) is 16.6 Å². The molecule has 3 rings (SSSR count). The van der Waals surface area contributed by atoms with Gasteiger partial charge < -0.3 is 4.98 Å². The van der Waals surface area contributed by atoms with Crippen molar-refractivity contribution in [2.75, 3.05) is 7.05 Å². The van der Waals surface area contributed by atoms with E-state index in [9.17, 15) is 8.42 Å². The quantitative estimate of drug-likeness (QED) is 0.804. The Balaban J connectivity index is 1.96. The van der Waals surface area contributed by atoms with E-state index in [-0.39, 0.29) is 0 Å². The van der Waals surface area contributed by atoms with Crippen LogP contribution < -0.4 is 0 Å². The van der Waals surface area contributed by atoms with Crippen LogP contribution in [0, 0.1) is 0 Å². The highest BCUT2D eigenvalue weighted by Gasteiger charge is 2.24. The summed E-state index contributed by atoms with van der Waals surface area (Å²) >= 11 is 0. The van der Waals surface area contributed by atoms with Crippen LogP contribution in [0.25, 0.3) is 10.9 Å². The summed E-state index contributed by atoms with van der Waals surface area (Å²) in [6.45, 7) is 0.310. The molecule has 5 nitrogen and oxygen atoms in total. The van der Waals surface area contributed by atoms with E-state index in [0.29, 0.717) is 16.8 Å². The van der Waals surface area contributed by atoms with Gasteiger partial charge in [0.05, 0.1) is 0 Å². The number of hydrogen-bond donors (Lipinski definition) is 1. The summed E-state index contributed by atoms with van der Waals surface area (Å²) in [5.41, 5.74) is 1.71. The van der Waals surface area contributed by atoms with E-state index in [1.165, 1.54) is 4.31 Å². The summed E-state index contributed by atoms with van der Waals surface area (Å²) in [4.78, 5) is 7.23. The fourth-order valence-electron chi connectivity index (χ4n) is 2.26. The van der Waals surface area contributed by atoms with E-state index in [0.717, 1.165) is 11.1 Å². The zero-order valence-corrected chi connectivity index (χ0v) is 12.3. The maximum atomic E-state index is 12.7. The van der Waals surface area contributed by atoms with Gasteiger partial charge in [-0.25, -0.2) is 8.42 Å². The predicted molar refractivity (Wildman–Crippen MR) is 81.2 cm³/mol. The molecule has 2 heterocycles. The Morgan fingerprint density at radius 3 is 2.62 bits per heavy atom. The van der Waals surface area contributed by atoms with E-state index in [1.54, 1.807) is 43.8 Å². The number of aromatic nitrogens is 2. The van der Waals surface area contributed by atoms with Crippen molar-refractivity contribution in [3.8, 4) is 0 Å². The Labute approximate surface area is 123 Å². The van der Waals surface area contributed by atoms with E-state index >= 15 is 0 Å². The summed E-state index contributed by atoms with van der Waals surface area (Å²) < 4.78 is 26.7. The topological polar surface area (TPSA) is 66.1 Å². The Kier molecular flexibility index (Phi) is 3.48. The number of hydrogen-bond acceptors (Lipinski definition) is 3. The lowest BCUT2D eigenvalue weighted by Crippen LogP contribution is -2.26. The summed E-state index contributed by atoms with van der Waals surface area (Å²) in [7, 11) is -1.96. The molecule has 0 radical (unpaired) electrons. The molecule has 21 heavy (non-hydrogen) atoms. The lowest BCUT2D eigenvalue weighted by Gasteiger charge is -2.16. The second kappa shape index (κ2) is 5.31. The minimum Gasteiger partial charge on any atom is -0.360 e. The second-order valence-electron chi connectivity index (χ2n) is 4.82. The van der Waals surface area contributed by atoms with Gasteiger partial charge in [-0.1, -0.05) is 18.2 Å². The summed E-state index contributed by atoms with van der Waals surface area (Å²) in [5, 5.41) is 0.707. The molecule has 0 saturated carbocycles. The van der Waals surface area contributed by atoms with Gasteiger partial charge in [-0.15, -0.1) is 0 Å². The first-order valence-corrected chi connectivity index (χ1v) is 7.94. The standard InChI is InChI=1S/C15H15N3O2S/c1-18(11-12-6-8-16-9-7-12)21(19,20)15-10-17-14-5-3-2-4-13(14)15/h2-10,17H,11H2,1H3. The van der Waals surface area contributed by atoms with Gasteiger partial charge in [0.2, 0.25) is 10.0 Å². The summed E-state index contributed by atoms with van der Waals surface area (Å²) in [6, 6.07) is 11.0. The fourth-order valence-corrected chi connectivity index (χ4v) is 3.58. The largest absolute Gasteiger partial charge is 0.360 e. The number of fused-ring (bicyclic) bond motifs is 1. The van der Waals surface area contributed by atoms with Crippen molar-refractivity contribution in [2.45, 2.75) is 11.4 Å². The molecule has 6 heteroatoms. The zero-order valence-electron chi connectivity index (χ0n) is 11.5. The number of pyridine rings is 1. The molecule has 0 atom stereocenters. The van der Waals surface area contributed by atoms with E-state index < -0.39 is 10.0 Å². The predicted octanol–water partition coefficient (Wildman–Crippen LogP) is 2.38. The van der Waals surface area contributed by atoms with Gasteiger partial charge in [-0.05, 0) is 23.8 Å². The molecule has 0 spiro atoms. The number of rotatable bonds is 4. The Bertz CT molecular complexity index is 857. The first-order chi connectivity index (χ1) is 10.1. The highest BCUT2D eigenvalue weighted by Crippen LogP contribution is 2.25. The molecule has 0 amide bonds. The van der Waals surface area contributed by atoms with Crippen molar-refractivity contribution in [1.29, 1.82) is 0 Å². The van der Waals surface area contributed by atoms with Crippen LogP contribution in [0.1, 0.15) is 5.56 Å². The van der Waals surface area contributed by atoms with E-state index in [4.69, 9.17) is 0 Å². The third-order valence-electron chi connectivity index (χ3n) is 3.39. The Morgan fingerprint density at radius 1 is 1.14 bits per heavy atom. The van der Waals surface area contributed by atoms with E-state index in [2.05, 4.69) is 9.97 Å². The van der Waals surface area contributed by atoms with Gasteiger partial charge in [0.25, 0.3) is 0 Å². The van der Waals surface area contributed by atoms with Crippen molar-refractivity contribution in [3.05, 3.63) is 60.6 Å². The highest BCUT2D eigenvalue weighted by molar-refractivity contribution is 7.89. The summed E-state index contributed by atoms with van der Waals surface area (Å²) in [5.74, 6) is 0. The fraction of sp³-hybridized carbons (Fsp3) is 0.133. The zero-order chi connectivity index (χ0) is 14.9. The van der Waals surface area contributed by atoms with Gasteiger partial charge in [0, 0.05) is 43.1 Å². The van der Waals surface area contributed by atoms with Crippen molar-refractivity contribution in [3.63, 3.8) is 0 Å². The smallest absolute Gasteiger partial charge is 0.245 e. The SMILES string of the molecule is CN(Cc1ccncc1)S(=O)(=O)c1c[nH]c2ccccc12. The minimum absolute atomic E-state index is 0.301. The molecule has 1 aromatic carbocycles. The maximum Gasteiger partial charge on any atom is 0.245 e. The molecule has 1 N–H and O–H groups in total. The molecule has 2 aromatic heterocycles. The molecular weight excluding hydrogens is 286 g/mol. The van der Waals surface area contributed by atoms with Crippen molar-refractivity contribution >= 4 is 20.9 Å². The third kappa shape index (κ3) is 2.55. The molecule has 0 aliphatic rings. The molecule has 0 unspecified atom stereocenters. The lowest BCUT2D eigenvalue weighted by molar-refractivity contribution is 0.467. The third-order valence-corrected chi connectivity index (χ3v) is 5.24. The number of sulfonamides is 1. The van der Waals surface area contributed by atoms with Gasteiger partial charge in [0.1, 0.15) is 4.90 Å². The van der Waals surface area contributed by atoms with Crippen molar-refractivity contribution < 1.29 is 8.42 Å². The summed E-state index contributed by atoms with van der Waals surface area (Å²) in [6.07, 6.45) is 4.85. The average Bonchev–Trinajstić information content (AvgIpc) is 2.93. The molecular formula is C15H15N3O2S. The number of aromatic amines is 1. The average molecular weight is 301 g/mol. The van der Waals surface area contributed by atoms with Gasteiger partial charge >= 0.3 is 0 Å². The van der Waals surface area contributed by atoms with Crippen LogP contribution in [0.3, 0.4) is 0 Å². The molecule has 0 fully saturated rings. The molecule has 0 aliphatic heterocycles. The monoisotopic (exact) mass is 301 g/mol. The number of H-pyrrole nitrogens is 1. The van der Waals surface area contributed by atoms with Crippen molar-refractivity contribution in [2.24, 2.45) is 0 Å². The minimum atomic E-state index is -3.54. The van der Waals surface area contributed by atoms with Crippen LogP contribution in [-0.4, -0.2) is 29.7 Å². The molecule has 0 aliphatic carbocycles. The normalized spacial score (nSPS) is 12.1. The highest BCUT2D eigenvalue weighted by atomic mass is 32.2. The van der Waals surface area contributed by atoms with Crippen LogP contribution >= 0.6 is 0 Å². The molecule has 108 valence electrons. The van der Waals surface area contributed by atoms with Crippen molar-refractivity contribution in [1.82, 2.24) is 14.3 Å². The lowest BCUT2D eigenvalue weighted by atomic mass is 10.2. The van der Waals surface area contributed by atoms with Gasteiger partial charge in [-0.3, -0.25) is 4.98 Å². The van der Waals surface area contributed by atoms with E-state index in [1.807, 2.05) is 18.2 Å². The second-order valence-corrected chi connectivity index (χ2v) is 6.83. The number of para-hydroxylation sites is 1. The van der Waals surface area contributed by atoms with Crippen LogP contribution in [0.15, 0.2) is 59.9 Å². The first-order valence-electron chi connectivity index (χ1n) is 6.50. The van der Waals surface area contributed by atoms with Crippen LogP contribution in [0.2, 0.25) is 0 Å². The van der Waals surface area contributed by atoms with Gasteiger partial charge in [0.15, 0.2) is 0 Å². The Morgan fingerprint density at radius 2 is 1.86 bits per heavy atom. The number of nitrogens with one attached hydrogen (secondary N) is 1. The first kappa shape index (κ1) is 13.8. The number of nitrogens with zero attached hydrogens (tertiary/aromatic N) is 2. The molecule has 0 saturated heterocycles. The number of benzene rings is 1. The maximum absolute atomic E-state index is 12.7. The molecule has 3 aromatic rings. The van der Waals surface area contributed by atoms with Crippen LogP contribution in [0.5, 0.6) is 0 Å².